The van der Waals surface area contributed by atoms with Gasteiger partial charge in [0.15, 0.2) is 0 Å². The van der Waals surface area contributed by atoms with Crippen molar-refractivity contribution in [2.75, 3.05) is 0 Å². The Kier molecular flexibility index (Phi) is 3.10. The Morgan fingerprint density at radius 1 is 1.50 bits per heavy atom. The van der Waals surface area contributed by atoms with Gasteiger partial charge in [-0.2, -0.15) is 5.10 Å². The molecule has 2 heterocycles. The third-order valence-corrected chi connectivity index (χ3v) is 2.62. The summed E-state index contributed by atoms with van der Waals surface area (Å²) in [7, 11) is 2.02. The molecular formula is C12H18N4. The van der Waals surface area contributed by atoms with Crippen LogP contribution in [0, 0.1) is 6.92 Å². The molecule has 86 valence electrons. The van der Waals surface area contributed by atoms with Crippen molar-refractivity contribution in [2.24, 2.45) is 12.8 Å². The highest BCUT2D eigenvalue weighted by atomic mass is 15.1. The molecule has 1 unspecified atom stereocenters. The van der Waals surface area contributed by atoms with Gasteiger partial charge in [0.2, 0.25) is 0 Å². The van der Waals surface area contributed by atoms with Gasteiger partial charge in [-0.15, -0.1) is 0 Å². The second-order valence-electron chi connectivity index (χ2n) is 4.40. The van der Waals surface area contributed by atoms with Gasteiger partial charge in [0.05, 0.1) is 5.69 Å². The fourth-order valence-corrected chi connectivity index (χ4v) is 1.90. The molecule has 0 saturated carbocycles. The number of aromatic nitrogens is 3. The van der Waals surface area contributed by atoms with Crippen molar-refractivity contribution < 1.29 is 0 Å². The fraction of sp³-hybridized carbons (Fsp3) is 0.417. The number of H-pyrrole nitrogens is 1. The van der Waals surface area contributed by atoms with E-state index in [1.54, 1.807) is 0 Å². The van der Waals surface area contributed by atoms with Crippen molar-refractivity contribution in [1.29, 1.82) is 0 Å². The standard InChI is InChI=1S/C12H18N4/c1-9-5-12(15-14-9)7-11(13)6-10-3-4-16(2)8-10/h3-5,8,11H,6-7,13H2,1-2H3,(H,14,15). The maximum absolute atomic E-state index is 6.09. The summed E-state index contributed by atoms with van der Waals surface area (Å²) in [6.45, 7) is 2.00. The number of hydrogen-bond acceptors (Lipinski definition) is 2. The number of nitrogens with two attached hydrogens (primary N) is 1. The van der Waals surface area contributed by atoms with E-state index in [2.05, 4.69) is 22.5 Å². The van der Waals surface area contributed by atoms with E-state index in [1.165, 1.54) is 5.56 Å². The molecule has 0 spiro atoms. The summed E-state index contributed by atoms with van der Waals surface area (Å²) in [5.41, 5.74) is 9.50. The predicted octanol–water partition coefficient (Wildman–Crippen LogP) is 1.17. The molecular weight excluding hydrogens is 200 g/mol. The zero-order valence-electron chi connectivity index (χ0n) is 9.77. The molecule has 4 nitrogen and oxygen atoms in total. The Morgan fingerprint density at radius 2 is 2.31 bits per heavy atom. The molecule has 4 heteroatoms. The summed E-state index contributed by atoms with van der Waals surface area (Å²) in [4.78, 5) is 0. The van der Waals surface area contributed by atoms with Crippen LogP contribution in [0.1, 0.15) is 17.0 Å². The quantitative estimate of drug-likeness (QED) is 0.809. The van der Waals surface area contributed by atoms with Gasteiger partial charge in [0.25, 0.3) is 0 Å². The van der Waals surface area contributed by atoms with Gasteiger partial charge in [-0.3, -0.25) is 5.10 Å². The summed E-state index contributed by atoms with van der Waals surface area (Å²) in [5.74, 6) is 0. The van der Waals surface area contributed by atoms with Gasteiger partial charge in [-0.05, 0) is 31.0 Å². The van der Waals surface area contributed by atoms with E-state index in [0.29, 0.717) is 0 Å². The third-order valence-electron chi connectivity index (χ3n) is 2.62. The van der Waals surface area contributed by atoms with Gasteiger partial charge < -0.3 is 10.3 Å². The maximum atomic E-state index is 6.09. The van der Waals surface area contributed by atoms with Gasteiger partial charge in [0, 0.05) is 37.6 Å². The molecule has 0 aromatic carbocycles. The van der Waals surface area contributed by atoms with Crippen LogP contribution in [0.3, 0.4) is 0 Å². The van der Waals surface area contributed by atoms with Crippen LogP contribution in [0.4, 0.5) is 0 Å². The van der Waals surface area contributed by atoms with Crippen molar-refractivity contribution in [3.63, 3.8) is 0 Å². The SMILES string of the molecule is Cc1cc(CC(N)Cc2ccn(C)c2)n[nH]1. The molecule has 3 N–H and O–H groups in total. The Bertz CT molecular complexity index is 413. The highest BCUT2D eigenvalue weighted by Crippen LogP contribution is 2.07. The van der Waals surface area contributed by atoms with Crippen LogP contribution in [0.15, 0.2) is 24.5 Å². The Morgan fingerprint density at radius 3 is 2.88 bits per heavy atom. The van der Waals surface area contributed by atoms with E-state index in [0.717, 1.165) is 24.2 Å². The zero-order valence-corrected chi connectivity index (χ0v) is 9.77. The lowest BCUT2D eigenvalue weighted by atomic mass is 10.1. The highest BCUT2D eigenvalue weighted by Gasteiger charge is 2.08. The fourth-order valence-electron chi connectivity index (χ4n) is 1.90. The van der Waals surface area contributed by atoms with E-state index in [-0.39, 0.29) is 6.04 Å². The lowest BCUT2D eigenvalue weighted by Gasteiger charge is -2.07. The first kappa shape index (κ1) is 11.0. The first-order valence-electron chi connectivity index (χ1n) is 5.51. The molecule has 0 saturated heterocycles. The van der Waals surface area contributed by atoms with Crippen molar-refractivity contribution in [3.05, 3.63) is 41.5 Å². The summed E-state index contributed by atoms with van der Waals surface area (Å²) < 4.78 is 2.04. The molecule has 0 aliphatic heterocycles. The van der Waals surface area contributed by atoms with E-state index < -0.39 is 0 Å². The van der Waals surface area contributed by atoms with E-state index >= 15 is 0 Å². The summed E-state index contributed by atoms with van der Waals surface area (Å²) in [5, 5.41) is 7.12. The molecule has 2 aromatic rings. The monoisotopic (exact) mass is 218 g/mol. The second kappa shape index (κ2) is 4.53. The van der Waals surface area contributed by atoms with E-state index in [4.69, 9.17) is 5.73 Å². The van der Waals surface area contributed by atoms with Gasteiger partial charge in [0.1, 0.15) is 0 Å². The smallest absolute Gasteiger partial charge is 0.0640 e. The lowest BCUT2D eigenvalue weighted by molar-refractivity contribution is 0.652. The summed E-state index contributed by atoms with van der Waals surface area (Å²) in [6, 6.07) is 4.28. The topological polar surface area (TPSA) is 59.6 Å². The molecule has 0 fully saturated rings. The predicted molar refractivity (Wildman–Crippen MR) is 64.1 cm³/mol. The lowest BCUT2D eigenvalue weighted by Crippen LogP contribution is -2.25. The van der Waals surface area contributed by atoms with Gasteiger partial charge in [-0.1, -0.05) is 0 Å². The van der Waals surface area contributed by atoms with E-state index in [9.17, 15) is 0 Å². The first-order chi connectivity index (χ1) is 7.63. The van der Waals surface area contributed by atoms with Crippen LogP contribution in [-0.2, 0) is 19.9 Å². The van der Waals surface area contributed by atoms with Gasteiger partial charge >= 0.3 is 0 Å². The molecule has 16 heavy (non-hydrogen) atoms. The molecule has 2 aromatic heterocycles. The second-order valence-corrected chi connectivity index (χ2v) is 4.40. The highest BCUT2D eigenvalue weighted by molar-refractivity contribution is 5.14. The average Bonchev–Trinajstić information content (AvgIpc) is 2.76. The number of hydrogen-bond donors (Lipinski definition) is 2. The molecule has 1 atom stereocenters. The molecule has 0 amide bonds. The zero-order chi connectivity index (χ0) is 11.5. The van der Waals surface area contributed by atoms with Crippen LogP contribution >= 0.6 is 0 Å². The Hall–Kier alpha value is -1.55. The van der Waals surface area contributed by atoms with Crippen LogP contribution in [0.5, 0.6) is 0 Å². The van der Waals surface area contributed by atoms with Crippen LogP contribution in [-0.4, -0.2) is 20.8 Å². The number of aromatic amines is 1. The average molecular weight is 218 g/mol. The Balaban J connectivity index is 1.91. The molecule has 0 aliphatic carbocycles. The van der Waals surface area contributed by atoms with E-state index in [1.807, 2.05) is 30.8 Å². The number of nitrogens with zero attached hydrogens (tertiary/aromatic N) is 2. The summed E-state index contributed by atoms with van der Waals surface area (Å²) in [6.07, 6.45) is 5.86. The van der Waals surface area contributed by atoms with Crippen LogP contribution < -0.4 is 5.73 Å². The minimum absolute atomic E-state index is 0.130. The van der Waals surface area contributed by atoms with Gasteiger partial charge in [-0.25, -0.2) is 0 Å². The molecule has 0 radical (unpaired) electrons. The molecule has 0 aliphatic rings. The maximum Gasteiger partial charge on any atom is 0.0640 e. The van der Waals surface area contributed by atoms with Crippen LogP contribution in [0.25, 0.3) is 0 Å². The number of rotatable bonds is 4. The molecule has 0 bridgehead atoms. The largest absolute Gasteiger partial charge is 0.357 e. The van der Waals surface area contributed by atoms with Crippen molar-refractivity contribution in [3.8, 4) is 0 Å². The van der Waals surface area contributed by atoms with Crippen molar-refractivity contribution in [1.82, 2.24) is 14.8 Å². The minimum Gasteiger partial charge on any atom is -0.357 e. The third kappa shape index (κ3) is 2.73. The normalized spacial score (nSPS) is 12.9. The summed E-state index contributed by atoms with van der Waals surface area (Å²) >= 11 is 0. The number of aryl methyl sites for hydroxylation is 2. The Labute approximate surface area is 95.5 Å². The van der Waals surface area contributed by atoms with Crippen molar-refractivity contribution >= 4 is 0 Å². The molecule has 2 rings (SSSR count). The van der Waals surface area contributed by atoms with Crippen LogP contribution in [0.2, 0.25) is 0 Å². The first-order valence-corrected chi connectivity index (χ1v) is 5.51. The number of nitrogens with one attached hydrogen (secondary N) is 1. The minimum atomic E-state index is 0.130. The van der Waals surface area contributed by atoms with Crippen molar-refractivity contribution in [2.45, 2.75) is 25.8 Å².